The molecule has 2 aromatic carbocycles. The molecule has 3 amide bonds. The highest BCUT2D eigenvalue weighted by Crippen LogP contribution is 2.17. The number of ether oxygens (including phenoxy) is 2. The van der Waals surface area contributed by atoms with Crippen molar-refractivity contribution in [3.63, 3.8) is 0 Å². The summed E-state index contributed by atoms with van der Waals surface area (Å²) in [5.74, 6) is 0.717. The number of methoxy groups -OCH3 is 1. The van der Waals surface area contributed by atoms with Crippen LogP contribution in [0.2, 0.25) is 0 Å². The number of hydrogen-bond acceptors (Lipinski definition) is 4. The Labute approximate surface area is 171 Å². The lowest BCUT2D eigenvalue weighted by Gasteiger charge is -2.10. The van der Waals surface area contributed by atoms with Crippen molar-refractivity contribution < 1.29 is 19.1 Å². The molecule has 0 saturated heterocycles. The van der Waals surface area contributed by atoms with Crippen LogP contribution in [-0.4, -0.2) is 38.8 Å². The standard InChI is InChI=1S/C22H29N3O4/c1-3-4-14-29-20-11-9-19(10-12-20)25-22(27)24-18-7-5-17(6-8-18)16-21(26)23-13-15-28-2/h5-12H,3-4,13-16H2,1-2H3,(H,23,26)(H2,24,25,27). The Balaban J connectivity index is 1.77. The number of anilines is 2. The number of unbranched alkanes of at least 4 members (excludes halogenated alkanes) is 1. The lowest BCUT2D eigenvalue weighted by molar-refractivity contribution is -0.120. The monoisotopic (exact) mass is 399 g/mol. The lowest BCUT2D eigenvalue weighted by Crippen LogP contribution is -2.28. The van der Waals surface area contributed by atoms with Gasteiger partial charge in [0.1, 0.15) is 5.75 Å². The molecule has 0 aliphatic heterocycles. The SMILES string of the molecule is CCCCOc1ccc(NC(=O)Nc2ccc(CC(=O)NCCOC)cc2)cc1. The van der Waals surface area contributed by atoms with E-state index in [1.54, 1.807) is 31.4 Å². The van der Waals surface area contributed by atoms with Crippen molar-refractivity contribution in [2.45, 2.75) is 26.2 Å². The summed E-state index contributed by atoms with van der Waals surface area (Å²) < 4.78 is 10.5. The molecular weight excluding hydrogens is 370 g/mol. The first kappa shape index (κ1) is 22.2. The molecule has 29 heavy (non-hydrogen) atoms. The highest BCUT2D eigenvalue weighted by Gasteiger charge is 2.06. The lowest BCUT2D eigenvalue weighted by atomic mass is 10.1. The number of rotatable bonds is 11. The topological polar surface area (TPSA) is 88.7 Å². The predicted octanol–water partition coefficient (Wildman–Crippen LogP) is 3.81. The minimum atomic E-state index is -0.338. The fourth-order valence-corrected chi connectivity index (χ4v) is 2.51. The van der Waals surface area contributed by atoms with Crippen LogP contribution in [0.4, 0.5) is 16.2 Å². The van der Waals surface area contributed by atoms with E-state index in [0.29, 0.717) is 31.1 Å². The largest absolute Gasteiger partial charge is 0.494 e. The summed E-state index contributed by atoms with van der Waals surface area (Å²) in [6.45, 7) is 3.78. The fourth-order valence-electron chi connectivity index (χ4n) is 2.51. The van der Waals surface area contributed by atoms with Gasteiger partial charge in [-0.05, 0) is 48.4 Å². The summed E-state index contributed by atoms with van der Waals surface area (Å²) in [7, 11) is 1.59. The number of nitrogens with one attached hydrogen (secondary N) is 3. The number of amides is 3. The molecule has 0 bridgehead atoms. The van der Waals surface area contributed by atoms with Gasteiger partial charge in [-0.15, -0.1) is 0 Å². The van der Waals surface area contributed by atoms with Crippen LogP contribution in [0.15, 0.2) is 48.5 Å². The first-order valence-electron chi connectivity index (χ1n) is 9.76. The van der Waals surface area contributed by atoms with E-state index < -0.39 is 0 Å². The van der Waals surface area contributed by atoms with E-state index in [0.717, 1.165) is 24.2 Å². The number of urea groups is 1. The fraction of sp³-hybridized carbons (Fsp3) is 0.364. The van der Waals surface area contributed by atoms with E-state index in [-0.39, 0.29) is 18.4 Å². The van der Waals surface area contributed by atoms with Crippen LogP contribution in [-0.2, 0) is 16.0 Å². The van der Waals surface area contributed by atoms with Gasteiger partial charge < -0.3 is 25.4 Å². The van der Waals surface area contributed by atoms with Crippen LogP contribution in [0.1, 0.15) is 25.3 Å². The molecule has 0 fully saturated rings. The number of benzene rings is 2. The van der Waals surface area contributed by atoms with Gasteiger partial charge in [-0.25, -0.2) is 4.79 Å². The van der Waals surface area contributed by atoms with Crippen LogP contribution in [0.25, 0.3) is 0 Å². The van der Waals surface area contributed by atoms with E-state index in [1.807, 2.05) is 24.3 Å². The number of carbonyl (C=O) groups is 2. The third-order valence-electron chi connectivity index (χ3n) is 4.08. The zero-order valence-electron chi connectivity index (χ0n) is 17.0. The predicted molar refractivity (Wildman–Crippen MR) is 115 cm³/mol. The normalized spacial score (nSPS) is 10.3. The summed E-state index contributed by atoms with van der Waals surface area (Å²) in [4.78, 5) is 24.0. The molecule has 2 rings (SSSR count). The zero-order chi connectivity index (χ0) is 20.9. The van der Waals surface area contributed by atoms with E-state index in [9.17, 15) is 9.59 Å². The van der Waals surface area contributed by atoms with Crippen LogP contribution in [0.3, 0.4) is 0 Å². The van der Waals surface area contributed by atoms with E-state index in [4.69, 9.17) is 9.47 Å². The third-order valence-corrected chi connectivity index (χ3v) is 4.08. The molecule has 156 valence electrons. The highest BCUT2D eigenvalue weighted by molar-refractivity contribution is 5.99. The maximum Gasteiger partial charge on any atom is 0.323 e. The van der Waals surface area contributed by atoms with Crippen molar-refractivity contribution in [3.8, 4) is 5.75 Å². The minimum Gasteiger partial charge on any atom is -0.494 e. The van der Waals surface area contributed by atoms with Crippen molar-refractivity contribution in [2.75, 3.05) is 37.5 Å². The van der Waals surface area contributed by atoms with Crippen molar-refractivity contribution in [1.29, 1.82) is 0 Å². The summed E-state index contributed by atoms with van der Waals surface area (Å²) in [6.07, 6.45) is 2.38. The third kappa shape index (κ3) is 8.66. The van der Waals surface area contributed by atoms with E-state index in [1.165, 1.54) is 0 Å². The van der Waals surface area contributed by atoms with Crippen molar-refractivity contribution in [3.05, 3.63) is 54.1 Å². The summed E-state index contributed by atoms with van der Waals surface area (Å²) in [5, 5.41) is 8.32. The smallest absolute Gasteiger partial charge is 0.323 e. The van der Waals surface area contributed by atoms with Crippen LogP contribution >= 0.6 is 0 Å². The second kappa shape index (κ2) is 12.4. The average molecular weight is 399 g/mol. The molecule has 0 unspecified atom stereocenters. The summed E-state index contributed by atoms with van der Waals surface area (Å²) in [5.41, 5.74) is 2.18. The van der Waals surface area contributed by atoms with Gasteiger partial charge in [0.15, 0.2) is 0 Å². The molecule has 0 aliphatic rings. The van der Waals surface area contributed by atoms with Gasteiger partial charge in [0.05, 0.1) is 19.6 Å². The molecule has 0 atom stereocenters. The summed E-state index contributed by atoms with van der Waals surface area (Å²) >= 11 is 0. The number of carbonyl (C=O) groups excluding carboxylic acids is 2. The average Bonchev–Trinajstić information content (AvgIpc) is 2.71. The molecule has 0 spiro atoms. The second-order valence-electron chi connectivity index (χ2n) is 6.52. The number of hydrogen-bond donors (Lipinski definition) is 3. The molecule has 7 heteroatoms. The Morgan fingerprint density at radius 1 is 0.897 bits per heavy atom. The first-order chi connectivity index (χ1) is 14.1. The molecule has 0 aliphatic carbocycles. The van der Waals surface area contributed by atoms with Crippen LogP contribution in [0, 0.1) is 0 Å². The van der Waals surface area contributed by atoms with Crippen LogP contribution in [0.5, 0.6) is 5.75 Å². The molecule has 0 heterocycles. The zero-order valence-corrected chi connectivity index (χ0v) is 17.0. The maximum atomic E-state index is 12.2. The van der Waals surface area contributed by atoms with Gasteiger partial charge in [-0.1, -0.05) is 25.5 Å². The van der Waals surface area contributed by atoms with Crippen molar-refractivity contribution in [1.82, 2.24) is 5.32 Å². The molecule has 0 saturated carbocycles. The molecule has 0 aromatic heterocycles. The maximum absolute atomic E-state index is 12.2. The Hall–Kier alpha value is -3.06. The van der Waals surface area contributed by atoms with E-state index >= 15 is 0 Å². The molecule has 3 N–H and O–H groups in total. The molecular formula is C22H29N3O4. The second-order valence-corrected chi connectivity index (χ2v) is 6.52. The summed E-state index contributed by atoms with van der Waals surface area (Å²) in [6, 6.07) is 14.1. The Bertz CT molecular complexity index is 761. The Morgan fingerprint density at radius 2 is 1.52 bits per heavy atom. The Morgan fingerprint density at radius 3 is 2.10 bits per heavy atom. The van der Waals surface area contributed by atoms with Crippen molar-refractivity contribution in [2.24, 2.45) is 0 Å². The minimum absolute atomic E-state index is 0.0670. The van der Waals surface area contributed by atoms with Gasteiger partial charge in [-0.3, -0.25) is 4.79 Å². The van der Waals surface area contributed by atoms with Gasteiger partial charge in [-0.2, -0.15) is 0 Å². The molecule has 7 nitrogen and oxygen atoms in total. The van der Waals surface area contributed by atoms with Gasteiger partial charge in [0.25, 0.3) is 0 Å². The first-order valence-corrected chi connectivity index (χ1v) is 9.76. The van der Waals surface area contributed by atoms with Gasteiger partial charge >= 0.3 is 6.03 Å². The quantitative estimate of drug-likeness (QED) is 0.501. The Kier molecular flexibility index (Phi) is 9.51. The van der Waals surface area contributed by atoms with Crippen LogP contribution < -0.4 is 20.7 Å². The highest BCUT2D eigenvalue weighted by atomic mass is 16.5. The molecule has 0 radical (unpaired) electrons. The van der Waals surface area contributed by atoms with Crippen molar-refractivity contribution >= 4 is 23.3 Å². The van der Waals surface area contributed by atoms with Gasteiger partial charge in [0, 0.05) is 25.0 Å². The molecule has 2 aromatic rings. The van der Waals surface area contributed by atoms with Gasteiger partial charge in [0.2, 0.25) is 5.91 Å². The van der Waals surface area contributed by atoms with E-state index in [2.05, 4.69) is 22.9 Å².